The molecule has 1 aromatic carbocycles. The number of hydrogen-bond donors (Lipinski definition) is 1. The average Bonchev–Trinajstić information content (AvgIpc) is 2.42. The monoisotopic (exact) mass is 339 g/mol. The Morgan fingerprint density at radius 3 is 2.75 bits per heavy atom. The normalized spacial score (nSPS) is 10.9. The molecule has 0 fully saturated rings. The van der Waals surface area contributed by atoms with E-state index in [1.807, 2.05) is 26.0 Å². The SMILES string of the molecule is CC(C)c1cc(Br)ccc1Oc1nccc(CO)c1F. The van der Waals surface area contributed by atoms with Crippen LogP contribution in [0.15, 0.2) is 34.9 Å². The van der Waals surface area contributed by atoms with Crippen LogP contribution in [0.3, 0.4) is 0 Å². The fourth-order valence-corrected chi connectivity index (χ4v) is 2.20. The molecule has 20 heavy (non-hydrogen) atoms. The zero-order valence-corrected chi connectivity index (χ0v) is 12.8. The van der Waals surface area contributed by atoms with Gasteiger partial charge >= 0.3 is 0 Å². The average molecular weight is 340 g/mol. The lowest BCUT2D eigenvalue weighted by Gasteiger charge is -2.14. The van der Waals surface area contributed by atoms with Crippen molar-refractivity contribution >= 4 is 15.9 Å². The van der Waals surface area contributed by atoms with Crippen molar-refractivity contribution in [1.82, 2.24) is 4.98 Å². The van der Waals surface area contributed by atoms with Gasteiger partial charge < -0.3 is 9.84 Å². The number of benzene rings is 1. The molecule has 0 saturated heterocycles. The third-order valence-corrected chi connectivity index (χ3v) is 3.40. The minimum Gasteiger partial charge on any atom is -0.436 e. The van der Waals surface area contributed by atoms with Gasteiger partial charge in [0.2, 0.25) is 0 Å². The Balaban J connectivity index is 2.40. The van der Waals surface area contributed by atoms with E-state index >= 15 is 0 Å². The van der Waals surface area contributed by atoms with Crippen molar-refractivity contribution in [2.45, 2.75) is 26.4 Å². The Labute approximate surface area is 125 Å². The molecule has 1 heterocycles. The first kappa shape index (κ1) is 14.9. The summed E-state index contributed by atoms with van der Waals surface area (Å²) in [6, 6.07) is 6.96. The molecule has 0 aliphatic carbocycles. The second-order valence-electron chi connectivity index (χ2n) is 4.69. The summed E-state index contributed by atoms with van der Waals surface area (Å²) >= 11 is 3.41. The molecule has 1 N–H and O–H groups in total. The van der Waals surface area contributed by atoms with E-state index in [-0.39, 0.29) is 24.0 Å². The standard InChI is InChI=1S/C15H15BrFNO2/c1-9(2)12-7-11(16)3-4-13(12)20-15-14(17)10(8-19)5-6-18-15/h3-7,9,19H,8H2,1-2H3. The summed E-state index contributed by atoms with van der Waals surface area (Å²) in [7, 11) is 0. The smallest absolute Gasteiger partial charge is 0.256 e. The molecular formula is C15H15BrFNO2. The first-order valence-electron chi connectivity index (χ1n) is 6.24. The Kier molecular flexibility index (Phi) is 4.73. The third-order valence-electron chi connectivity index (χ3n) is 2.91. The van der Waals surface area contributed by atoms with E-state index < -0.39 is 5.82 Å². The fraction of sp³-hybridized carbons (Fsp3) is 0.267. The number of aliphatic hydroxyl groups is 1. The van der Waals surface area contributed by atoms with E-state index in [0.29, 0.717) is 5.75 Å². The summed E-state index contributed by atoms with van der Waals surface area (Å²) in [5, 5.41) is 9.06. The minimum atomic E-state index is -0.632. The van der Waals surface area contributed by atoms with Crippen LogP contribution in [0.1, 0.15) is 30.9 Å². The second-order valence-corrected chi connectivity index (χ2v) is 5.60. The lowest BCUT2D eigenvalue weighted by atomic mass is 10.0. The minimum absolute atomic E-state index is 0.124. The summed E-state index contributed by atoms with van der Waals surface area (Å²) in [4.78, 5) is 3.88. The van der Waals surface area contributed by atoms with Gasteiger partial charge in [-0.15, -0.1) is 0 Å². The van der Waals surface area contributed by atoms with E-state index in [1.165, 1.54) is 12.3 Å². The molecule has 3 nitrogen and oxygen atoms in total. The number of ether oxygens (including phenoxy) is 1. The maximum absolute atomic E-state index is 14.0. The summed E-state index contributed by atoms with van der Waals surface area (Å²) < 4.78 is 20.5. The molecule has 0 atom stereocenters. The summed E-state index contributed by atoms with van der Waals surface area (Å²) in [6.45, 7) is 3.67. The lowest BCUT2D eigenvalue weighted by molar-refractivity contribution is 0.272. The van der Waals surface area contributed by atoms with Crippen molar-refractivity contribution in [2.24, 2.45) is 0 Å². The van der Waals surface area contributed by atoms with Crippen molar-refractivity contribution in [3.05, 3.63) is 51.9 Å². The number of aliphatic hydroxyl groups excluding tert-OH is 1. The van der Waals surface area contributed by atoms with Crippen LogP contribution >= 0.6 is 15.9 Å². The number of pyridine rings is 1. The van der Waals surface area contributed by atoms with Gasteiger partial charge in [0.1, 0.15) is 5.75 Å². The van der Waals surface area contributed by atoms with Gasteiger partial charge in [-0.05, 0) is 35.7 Å². The van der Waals surface area contributed by atoms with Gasteiger partial charge in [-0.3, -0.25) is 0 Å². The van der Waals surface area contributed by atoms with E-state index in [0.717, 1.165) is 10.0 Å². The number of aromatic nitrogens is 1. The highest BCUT2D eigenvalue weighted by atomic mass is 79.9. The molecule has 0 saturated carbocycles. The van der Waals surface area contributed by atoms with Crippen molar-refractivity contribution in [2.75, 3.05) is 0 Å². The Hall–Kier alpha value is -1.46. The van der Waals surface area contributed by atoms with Gasteiger partial charge in [-0.1, -0.05) is 29.8 Å². The van der Waals surface area contributed by atoms with Gasteiger partial charge in [0.25, 0.3) is 5.88 Å². The van der Waals surface area contributed by atoms with Gasteiger partial charge in [0, 0.05) is 16.2 Å². The molecule has 0 radical (unpaired) electrons. The molecule has 106 valence electrons. The zero-order valence-electron chi connectivity index (χ0n) is 11.2. The second kappa shape index (κ2) is 6.33. The molecule has 2 aromatic rings. The van der Waals surface area contributed by atoms with Gasteiger partial charge in [0.15, 0.2) is 5.82 Å². The van der Waals surface area contributed by atoms with Crippen LogP contribution in [-0.4, -0.2) is 10.1 Å². The topological polar surface area (TPSA) is 42.4 Å². The van der Waals surface area contributed by atoms with Crippen LogP contribution in [-0.2, 0) is 6.61 Å². The summed E-state index contributed by atoms with van der Waals surface area (Å²) in [5.74, 6) is 0.0321. The highest BCUT2D eigenvalue weighted by Gasteiger charge is 2.14. The van der Waals surface area contributed by atoms with Crippen molar-refractivity contribution in [3.8, 4) is 11.6 Å². The third kappa shape index (κ3) is 3.16. The molecular weight excluding hydrogens is 325 g/mol. The van der Waals surface area contributed by atoms with Gasteiger partial charge in [-0.25, -0.2) is 9.37 Å². The van der Waals surface area contributed by atoms with Crippen molar-refractivity contribution in [3.63, 3.8) is 0 Å². The van der Waals surface area contributed by atoms with Crippen LogP contribution in [0.2, 0.25) is 0 Å². The molecule has 2 rings (SSSR count). The number of rotatable bonds is 4. The lowest BCUT2D eigenvalue weighted by Crippen LogP contribution is -2.00. The fourth-order valence-electron chi connectivity index (χ4n) is 1.82. The van der Waals surface area contributed by atoms with Crippen molar-refractivity contribution < 1.29 is 14.2 Å². The maximum atomic E-state index is 14.0. The highest BCUT2D eigenvalue weighted by molar-refractivity contribution is 9.10. The zero-order chi connectivity index (χ0) is 14.7. The van der Waals surface area contributed by atoms with Gasteiger partial charge in [0.05, 0.1) is 6.61 Å². The van der Waals surface area contributed by atoms with E-state index in [2.05, 4.69) is 20.9 Å². The molecule has 0 bridgehead atoms. The number of halogens is 2. The Morgan fingerprint density at radius 2 is 2.10 bits per heavy atom. The predicted octanol–water partition coefficient (Wildman–Crippen LogP) is 4.39. The van der Waals surface area contributed by atoms with E-state index in [9.17, 15) is 4.39 Å². The van der Waals surface area contributed by atoms with Gasteiger partial charge in [-0.2, -0.15) is 0 Å². The summed E-state index contributed by atoms with van der Waals surface area (Å²) in [5.41, 5.74) is 1.12. The molecule has 0 aliphatic rings. The maximum Gasteiger partial charge on any atom is 0.256 e. The van der Waals surface area contributed by atoms with Crippen molar-refractivity contribution in [1.29, 1.82) is 0 Å². The first-order chi connectivity index (χ1) is 9.52. The molecule has 1 aromatic heterocycles. The Bertz CT molecular complexity index is 617. The molecule has 5 heteroatoms. The van der Waals surface area contributed by atoms with Crippen LogP contribution < -0.4 is 4.74 Å². The first-order valence-corrected chi connectivity index (χ1v) is 7.03. The van der Waals surface area contributed by atoms with Crippen LogP contribution in [0.25, 0.3) is 0 Å². The highest BCUT2D eigenvalue weighted by Crippen LogP contribution is 2.33. The van der Waals surface area contributed by atoms with Crippen LogP contribution in [0, 0.1) is 5.82 Å². The van der Waals surface area contributed by atoms with Crippen LogP contribution in [0.4, 0.5) is 4.39 Å². The largest absolute Gasteiger partial charge is 0.436 e. The van der Waals surface area contributed by atoms with E-state index in [4.69, 9.17) is 9.84 Å². The Morgan fingerprint density at radius 1 is 1.35 bits per heavy atom. The molecule has 0 amide bonds. The number of hydrogen-bond acceptors (Lipinski definition) is 3. The molecule has 0 unspecified atom stereocenters. The quantitative estimate of drug-likeness (QED) is 0.898. The molecule has 0 spiro atoms. The van der Waals surface area contributed by atoms with Crippen LogP contribution in [0.5, 0.6) is 11.6 Å². The van der Waals surface area contributed by atoms with E-state index in [1.54, 1.807) is 6.07 Å². The molecule has 0 aliphatic heterocycles. The summed E-state index contributed by atoms with van der Waals surface area (Å²) in [6.07, 6.45) is 1.41. The number of nitrogens with zero attached hydrogens (tertiary/aromatic N) is 1. The predicted molar refractivity (Wildman–Crippen MR) is 78.4 cm³/mol.